The van der Waals surface area contributed by atoms with Crippen molar-refractivity contribution < 1.29 is 8.92 Å². The van der Waals surface area contributed by atoms with E-state index in [-0.39, 0.29) is 0 Å². The molecule has 6 rings (SSSR count). The van der Waals surface area contributed by atoms with Crippen LogP contribution in [0.1, 0.15) is 16.7 Å². The normalized spacial score (nSPS) is 13.3. The molecular weight excluding hydrogens is 438 g/mol. The molecule has 1 heterocycles. The standard InChI is InChI=1S/C30H25NO2S/c1-19-15-26(28-24-13-6-4-11-22(24)17-23-12-5-7-14-25(23)28)30-27(16-19)33-34-31(18-32-30)29-20(2)9-8-10-21(29)3/h4-17H,18H2,1-3H3. The smallest absolute Gasteiger partial charge is 0.182 e. The molecule has 0 aromatic heterocycles. The second kappa shape index (κ2) is 8.30. The number of benzene rings is 5. The predicted molar refractivity (Wildman–Crippen MR) is 144 cm³/mol. The van der Waals surface area contributed by atoms with Gasteiger partial charge in [0.2, 0.25) is 0 Å². The molecule has 0 radical (unpaired) electrons. The second-order valence-electron chi connectivity index (χ2n) is 8.88. The van der Waals surface area contributed by atoms with E-state index in [0.717, 1.165) is 28.3 Å². The quantitative estimate of drug-likeness (QED) is 0.149. The van der Waals surface area contributed by atoms with Gasteiger partial charge >= 0.3 is 0 Å². The lowest BCUT2D eigenvalue weighted by atomic mass is 9.90. The van der Waals surface area contributed by atoms with Crippen molar-refractivity contribution in [2.45, 2.75) is 20.8 Å². The highest BCUT2D eigenvalue weighted by Crippen LogP contribution is 2.48. The molecule has 0 spiro atoms. The Morgan fingerprint density at radius 2 is 1.38 bits per heavy atom. The van der Waals surface area contributed by atoms with E-state index >= 15 is 0 Å². The van der Waals surface area contributed by atoms with Crippen LogP contribution in [0.2, 0.25) is 0 Å². The summed E-state index contributed by atoms with van der Waals surface area (Å²) in [6, 6.07) is 30.0. The van der Waals surface area contributed by atoms with Crippen LogP contribution in [0.5, 0.6) is 11.5 Å². The highest BCUT2D eigenvalue weighted by atomic mass is 32.2. The highest BCUT2D eigenvalue weighted by molar-refractivity contribution is 7.96. The summed E-state index contributed by atoms with van der Waals surface area (Å²) < 4.78 is 14.9. The average Bonchev–Trinajstić information content (AvgIpc) is 3.05. The Labute approximate surface area is 204 Å². The van der Waals surface area contributed by atoms with Gasteiger partial charge in [-0.25, -0.2) is 4.31 Å². The third-order valence-corrected chi connectivity index (χ3v) is 7.19. The van der Waals surface area contributed by atoms with Crippen LogP contribution in [-0.2, 0) is 0 Å². The molecule has 4 heteroatoms. The number of aryl methyl sites for hydroxylation is 3. The molecular formula is C30H25NO2S. The Hall–Kier alpha value is -3.63. The zero-order valence-corrected chi connectivity index (χ0v) is 20.3. The van der Waals surface area contributed by atoms with Crippen LogP contribution >= 0.6 is 12.2 Å². The first-order valence-electron chi connectivity index (χ1n) is 11.5. The van der Waals surface area contributed by atoms with Crippen molar-refractivity contribution >= 4 is 39.5 Å². The van der Waals surface area contributed by atoms with E-state index < -0.39 is 0 Å². The number of hydrogen-bond donors (Lipinski definition) is 0. The van der Waals surface area contributed by atoms with Crippen molar-refractivity contribution in [3.05, 3.63) is 102 Å². The van der Waals surface area contributed by atoms with E-state index in [9.17, 15) is 0 Å². The zero-order chi connectivity index (χ0) is 23.2. The van der Waals surface area contributed by atoms with Crippen molar-refractivity contribution in [2.24, 2.45) is 0 Å². The predicted octanol–water partition coefficient (Wildman–Crippen LogP) is 8.38. The largest absolute Gasteiger partial charge is 0.467 e. The summed E-state index contributed by atoms with van der Waals surface area (Å²) in [6.07, 6.45) is 0. The molecule has 0 atom stereocenters. The number of ether oxygens (including phenoxy) is 1. The molecule has 5 aromatic rings. The van der Waals surface area contributed by atoms with Gasteiger partial charge in [0, 0.05) is 11.1 Å². The van der Waals surface area contributed by atoms with Gasteiger partial charge in [-0.2, -0.15) is 0 Å². The Morgan fingerprint density at radius 3 is 2.06 bits per heavy atom. The lowest BCUT2D eigenvalue weighted by molar-refractivity contribution is 0.335. The molecule has 0 saturated carbocycles. The molecule has 0 unspecified atom stereocenters. The molecule has 1 aliphatic rings. The average molecular weight is 464 g/mol. The number of anilines is 1. The second-order valence-corrected chi connectivity index (χ2v) is 9.64. The highest BCUT2D eigenvalue weighted by Gasteiger charge is 2.25. The van der Waals surface area contributed by atoms with Crippen molar-refractivity contribution in [3.63, 3.8) is 0 Å². The lowest BCUT2D eigenvalue weighted by Crippen LogP contribution is -2.21. The first-order chi connectivity index (χ1) is 16.6. The summed E-state index contributed by atoms with van der Waals surface area (Å²) >= 11 is 1.34. The monoisotopic (exact) mass is 463 g/mol. The van der Waals surface area contributed by atoms with Crippen LogP contribution in [0, 0.1) is 20.8 Å². The van der Waals surface area contributed by atoms with Gasteiger partial charge in [0.05, 0.1) is 5.69 Å². The van der Waals surface area contributed by atoms with E-state index in [1.165, 1.54) is 50.5 Å². The minimum Gasteiger partial charge on any atom is -0.467 e. The maximum absolute atomic E-state index is 6.54. The van der Waals surface area contributed by atoms with Crippen LogP contribution < -0.4 is 13.2 Å². The van der Waals surface area contributed by atoms with Gasteiger partial charge in [0.15, 0.2) is 30.5 Å². The van der Waals surface area contributed by atoms with Crippen molar-refractivity contribution in [2.75, 3.05) is 11.0 Å². The molecule has 0 saturated heterocycles. The maximum atomic E-state index is 6.54. The van der Waals surface area contributed by atoms with Crippen molar-refractivity contribution in [1.29, 1.82) is 0 Å². The molecule has 168 valence electrons. The molecule has 34 heavy (non-hydrogen) atoms. The van der Waals surface area contributed by atoms with Gasteiger partial charge in [0.25, 0.3) is 0 Å². The fourth-order valence-corrected chi connectivity index (χ4v) is 5.72. The zero-order valence-electron chi connectivity index (χ0n) is 19.5. The van der Waals surface area contributed by atoms with E-state index in [0.29, 0.717) is 6.73 Å². The van der Waals surface area contributed by atoms with Gasteiger partial charge < -0.3 is 8.92 Å². The number of para-hydroxylation sites is 1. The summed E-state index contributed by atoms with van der Waals surface area (Å²) in [5.74, 6) is 1.54. The van der Waals surface area contributed by atoms with Crippen LogP contribution in [0.15, 0.2) is 84.9 Å². The van der Waals surface area contributed by atoms with Gasteiger partial charge in [-0.05, 0) is 77.2 Å². The maximum Gasteiger partial charge on any atom is 0.182 e. The minimum atomic E-state index is 0.391. The van der Waals surface area contributed by atoms with Crippen LogP contribution in [-0.4, -0.2) is 6.73 Å². The fourth-order valence-electron chi connectivity index (χ4n) is 4.97. The summed E-state index contributed by atoms with van der Waals surface area (Å²) in [5, 5.41) is 4.85. The summed E-state index contributed by atoms with van der Waals surface area (Å²) in [7, 11) is 0. The van der Waals surface area contributed by atoms with Gasteiger partial charge in [0.1, 0.15) is 0 Å². The molecule has 0 fully saturated rings. The van der Waals surface area contributed by atoms with Crippen LogP contribution in [0.4, 0.5) is 5.69 Å². The molecule has 3 nitrogen and oxygen atoms in total. The molecule has 0 N–H and O–H groups in total. The summed E-state index contributed by atoms with van der Waals surface area (Å²) in [5.41, 5.74) is 6.91. The molecule has 0 bridgehead atoms. The van der Waals surface area contributed by atoms with E-state index in [4.69, 9.17) is 8.92 Å². The Kier molecular flexibility index (Phi) is 5.11. The van der Waals surface area contributed by atoms with Crippen molar-refractivity contribution in [1.82, 2.24) is 0 Å². The molecule has 1 aliphatic heterocycles. The Morgan fingerprint density at radius 1 is 0.735 bits per heavy atom. The lowest BCUT2D eigenvalue weighted by Gasteiger charge is -2.22. The van der Waals surface area contributed by atoms with Gasteiger partial charge in [-0.1, -0.05) is 66.7 Å². The minimum absolute atomic E-state index is 0.391. The van der Waals surface area contributed by atoms with Crippen molar-refractivity contribution in [3.8, 4) is 22.6 Å². The Bertz CT molecular complexity index is 1490. The number of fused-ring (bicyclic) bond motifs is 3. The van der Waals surface area contributed by atoms with Gasteiger partial charge in [-0.3, -0.25) is 0 Å². The van der Waals surface area contributed by atoms with E-state index in [2.05, 4.69) is 110 Å². The summed E-state index contributed by atoms with van der Waals surface area (Å²) in [4.78, 5) is 0. The third kappa shape index (κ3) is 3.46. The Balaban J connectivity index is 1.55. The first kappa shape index (κ1) is 20.9. The first-order valence-corrected chi connectivity index (χ1v) is 12.2. The van der Waals surface area contributed by atoms with Crippen LogP contribution in [0.25, 0.3) is 32.7 Å². The molecule has 0 aliphatic carbocycles. The fraction of sp³-hybridized carbons (Fsp3) is 0.133. The number of rotatable bonds is 2. The van der Waals surface area contributed by atoms with E-state index in [1.807, 2.05) is 0 Å². The van der Waals surface area contributed by atoms with E-state index in [1.54, 1.807) is 0 Å². The number of hydrogen-bond acceptors (Lipinski definition) is 4. The SMILES string of the molecule is Cc1cc2c(c(-c3c4ccccc4cc4ccccc34)c1)OCN(c1c(C)cccc1C)SO2. The molecule has 0 amide bonds. The summed E-state index contributed by atoms with van der Waals surface area (Å²) in [6.45, 7) is 6.75. The number of nitrogens with zero attached hydrogens (tertiary/aromatic N) is 1. The van der Waals surface area contributed by atoms with Gasteiger partial charge in [-0.15, -0.1) is 0 Å². The molecule has 5 aromatic carbocycles. The third-order valence-electron chi connectivity index (χ3n) is 6.47. The topological polar surface area (TPSA) is 21.7 Å². The van der Waals surface area contributed by atoms with Crippen LogP contribution in [0.3, 0.4) is 0 Å².